The molecule has 2 aliphatic rings. The average Bonchev–Trinajstić information content (AvgIpc) is 3.33. The number of aliphatic hydroxyl groups is 1. The highest BCUT2D eigenvalue weighted by atomic mass is 31.2. The molecule has 2 fully saturated rings. The van der Waals surface area contributed by atoms with Gasteiger partial charge in [0, 0.05) is 19.9 Å². The van der Waals surface area contributed by atoms with Crippen molar-refractivity contribution in [2.24, 2.45) is 0 Å². The lowest BCUT2D eigenvalue weighted by Crippen LogP contribution is -2.39. The molecule has 0 saturated carbocycles. The Labute approximate surface area is 201 Å². The largest absolute Gasteiger partial charge is 0.472 e. The van der Waals surface area contributed by atoms with Gasteiger partial charge in [0.2, 0.25) is 0 Å². The van der Waals surface area contributed by atoms with E-state index in [4.69, 9.17) is 33.5 Å². The van der Waals surface area contributed by atoms with Gasteiger partial charge in [-0.05, 0) is 12.5 Å². The second-order valence-corrected chi connectivity index (χ2v) is 12.2. The monoisotopic (exact) mass is 543 g/mol. The van der Waals surface area contributed by atoms with E-state index in [9.17, 15) is 28.8 Å². The summed E-state index contributed by atoms with van der Waals surface area (Å²) in [6.45, 7) is 2.22. The molecule has 35 heavy (non-hydrogen) atoms. The maximum Gasteiger partial charge on any atom is 0.472 e. The van der Waals surface area contributed by atoms with E-state index in [1.807, 2.05) is 0 Å². The molecule has 15 nitrogen and oxygen atoms in total. The van der Waals surface area contributed by atoms with Crippen LogP contribution >= 0.6 is 15.4 Å². The van der Waals surface area contributed by atoms with Crippen LogP contribution in [0.15, 0.2) is 17.1 Å². The van der Waals surface area contributed by atoms with Crippen molar-refractivity contribution < 1.29 is 51.8 Å². The van der Waals surface area contributed by atoms with Gasteiger partial charge < -0.3 is 34.8 Å². The van der Waals surface area contributed by atoms with Gasteiger partial charge in [-0.1, -0.05) is 13.8 Å². The number of aliphatic hydroxyl groups excluding tert-OH is 1. The first-order valence-corrected chi connectivity index (χ1v) is 13.9. The van der Waals surface area contributed by atoms with Crippen molar-refractivity contribution in [3.8, 4) is 0 Å². The third-order valence-corrected chi connectivity index (χ3v) is 8.39. The molecule has 3 heterocycles. The number of rotatable bonds is 11. The number of nitrogens with zero attached hydrogens (tertiary/aromatic N) is 2. The normalized spacial score (nSPS) is 32.5. The fraction of sp³-hybridized carbons (Fsp3) is 0.778. The van der Waals surface area contributed by atoms with Crippen LogP contribution in [0, 0.1) is 0 Å². The SMILES string of the molecule is CO[C@@H]1[C@H](OP(=O)(O)C(C)C)[C@@H](COP(=O)(O)OC[C@H]2OCC[C@@H]2O)O[C@H]1n1ccc(N)nc1=O. The van der Waals surface area contributed by atoms with Gasteiger partial charge >= 0.3 is 21.1 Å². The first-order valence-electron chi connectivity index (χ1n) is 10.8. The Morgan fingerprint density at radius 2 is 1.89 bits per heavy atom. The first kappa shape index (κ1) is 28.4. The molecule has 5 N–H and O–H groups in total. The number of ether oxygens (including phenoxy) is 3. The highest BCUT2D eigenvalue weighted by Crippen LogP contribution is 2.52. The minimum Gasteiger partial charge on any atom is -0.390 e. The molecular weight excluding hydrogens is 512 g/mol. The number of hydrogen-bond acceptors (Lipinski definition) is 12. The van der Waals surface area contributed by atoms with Gasteiger partial charge in [0.15, 0.2) is 6.23 Å². The maximum absolute atomic E-state index is 12.6. The molecule has 17 heteroatoms. The molecule has 8 atom stereocenters. The topological polar surface area (TPSA) is 211 Å². The van der Waals surface area contributed by atoms with Crippen molar-refractivity contribution >= 4 is 21.2 Å². The fourth-order valence-corrected chi connectivity index (χ4v) is 5.12. The lowest BCUT2D eigenvalue weighted by molar-refractivity contribution is -0.0635. The molecule has 200 valence electrons. The summed E-state index contributed by atoms with van der Waals surface area (Å²) < 4.78 is 57.9. The fourth-order valence-electron chi connectivity index (χ4n) is 3.53. The van der Waals surface area contributed by atoms with Crippen LogP contribution in [0.4, 0.5) is 5.82 Å². The molecule has 2 unspecified atom stereocenters. The molecule has 3 rings (SSSR count). The molecule has 0 radical (unpaired) electrons. The molecule has 2 saturated heterocycles. The molecular formula is C18H31N3O12P2. The van der Waals surface area contributed by atoms with E-state index in [0.29, 0.717) is 6.42 Å². The van der Waals surface area contributed by atoms with Crippen LogP contribution in [0.2, 0.25) is 0 Å². The molecule has 0 spiro atoms. The standard InChI is InChI=1S/C18H31N3O12P2/c1-10(2)34(24,25)33-15-13(9-31-35(26,27)30-8-12-11(22)5-7-29-12)32-17(16(15)28-3)21-6-4-14(19)20-18(21)23/h4,6,10-13,15-17,22H,5,7-9H2,1-3H3,(H,24,25)(H,26,27)(H2,19,20,23)/t11-,12+,13+,15+,16+,17+/m0/s1. The first-order chi connectivity index (χ1) is 16.3. The van der Waals surface area contributed by atoms with Gasteiger partial charge in [-0.3, -0.25) is 22.7 Å². The van der Waals surface area contributed by atoms with Crippen LogP contribution in [-0.4, -0.2) is 87.6 Å². The lowest BCUT2D eigenvalue weighted by Gasteiger charge is -2.27. The molecule has 0 aromatic carbocycles. The summed E-state index contributed by atoms with van der Waals surface area (Å²) in [6.07, 6.45) is -4.75. The Morgan fingerprint density at radius 3 is 2.43 bits per heavy atom. The van der Waals surface area contributed by atoms with E-state index in [-0.39, 0.29) is 12.4 Å². The van der Waals surface area contributed by atoms with Crippen molar-refractivity contribution in [1.82, 2.24) is 9.55 Å². The zero-order chi connectivity index (χ0) is 26.0. The van der Waals surface area contributed by atoms with E-state index in [1.54, 1.807) is 0 Å². The van der Waals surface area contributed by atoms with Crippen molar-refractivity contribution in [1.29, 1.82) is 0 Å². The predicted molar refractivity (Wildman–Crippen MR) is 120 cm³/mol. The Balaban J connectivity index is 1.78. The molecule has 0 amide bonds. The average molecular weight is 543 g/mol. The number of methoxy groups -OCH3 is 1. The summed E-state index contributed by atoms with van der Waals surface area (Å²) in [4.78, 5) is 36.4. The highest BCUT2D eigenvalue weighted by Gasteiger charge is 2.51. The number of phosphoric acid groups is 1. The number of phosphoric ester groups is 1. The number of hydrogen-bond donors (Lipinski definition) is 4. The second kappa shape index (κ2) is 11.4. The molecule has 1 aromatic rings. The molecule has 0 aliphatic carbocycles. The summed E-state index contributed by atoms with van der Waals surface area (Å²) in [5.41, 5.74) is 3.97. The van der Waals surface area contributed by atoms with E-state index in [2.05, 4.69) is 4.98 Å². The smallest absolute Gasteiger partial charge is 0.390 e. The van der Waals surface area contributed by atoms with E-state index >= 15 is 0 Å². The zero-order valence-corrected chi connectivity index (χ0v) is 21.2. The van der Waals surface area contributed by atoms with Crippen LogP contribution < -0.4 is 11.4 Å². The number of nitrogen functional groups attached to an aromatic ring is 1. The van der Waals surface area contributed by atoms with Crippen LogP contribution in [0.1, 0.15) is 26.5 Å². The minimum atomic E-state index is -4.65. The van der Waals surface area contributed by atoms with E-state index in [0.717, 1.165) is 4.57 Å². The van der Waals surface area contributed by atoms with Crippen LogP contribution in [-0.2, 0) is 36.9 Å². The number of aromatic nitrogens is 2. The summed E-state index contributed by atoms with van der Waals surface area (Å²) in [7, 11) is -7.56. The van der Waals surface area contributed by atoms with Gasteiger partial charge in [-0.2, -0.15) is 4.98 Å². The third kappa shape index (κ3) is 6.96. The summed E-state index contributed by atoms with van der Waals surface area (Å²) in [5.74, 6) is -0.0275. The molecule has 0 bridgehead atoms. The summed E-state index contributed by atoms with van der Waals surface area (Å²) in [5, 5.41) is 9.75. The Bertz CT molecular complexity index is 1020. The summed E-state index contributed by atoms with van der Waals surface area (Å²) >= 11 is 0. The number of nitrogens with two attached hydrogens (primary N) is 1. The van der Waals surface area contributed by atoms with E-state index in [1.165, 1.54) is 33.2 Å². The van der Waals surface area contributed by atoms with Crippen LogP contribution in [0.25, 0.3) is 0 Å². The van der Waals surface area contributed by atoms with Crippen molar-refractivity contribution in [2.75, 3.05) is 32.7 Å². The van der Waals surface area contributed by atoms with E-state index < -0.39 is 76.7 Å². The molecule has 1 aromatic heterocycles. The van der Waals surface area contributed by atoms with Crippen molar-refractivity contribution in [2.45, 2.75) is 62.7 Å². The minimum absolute atomic E-state index is 0.0275. The Morgan fingerprint density at radius 1 is 1.23 bits per heavy atom. The van der Waals surface area contributed by atoms with Gasteiger partial charge in [0.1, 0.15) is 30.2 Å². The van der Waals surface area contributed by atoms with Gasteiger partial charge in [0.25, 0.3) is 0 Å². The predicted octanol–water partition coefficient (Wildman–Crippen LogP) is 0.000300. The van der Waals surface area contributed by atoms with Gasteiger partial charge in [-0.15, -0.1) is 0 Å². The van der Waals surface area contributed by atoms with Crippen molar-refractivity contribution in [3.63, 3.8) is 0 Å². The number of anilines is 1. The molecule has 2 aliphatic heterocycles. The lowest BCUT2D eigenvalue weighted by atomic mass is 10.1. The van der Waals surface area contributed by atoms with Gasteiger partial charge in [0.05, 0.1) is 25.0 Å². The Hall–Kier alpha value is -1.22. The highest BCUT2D eigenvalue weighted by molar-refractivity contribution is 7.53. The summed E-state index contributed by atoms with van der Waals surface area (Å²) in [6, 6.07) is 1.34. The third-order valence-electron chi connectivity index (χ3n) is 5.59. The maximum atomic E-state index is 12.6. The van der Waals surface area contributed by atoms with Crippen LogP contribution in [0.5, 0.6) is 0 Å². The van der Waals surface area contributed by atoms with Gasteiger partial charge in [-0.25, -0.2) is 9.36 Å². The van der Waals surface area contributed by atoms with Crippen molar-refractivity contribution in [3.05, 3.63) is 22.7 Å². The quantitative estimate of drug-likeness (QED) is 0.271. The zero-order valence-electron chi connectivity index (χ0n) is 19.4. The van der Waals surface area contributed by atoms with Crippen LogP contribution in [0.3, 0.4) is 0 Å². The second-order valence-electron chi connectivity index (χ2n) is 8.36. The Kier molecular flexibility index (Phi) is 9.27.